The van der Waals surface area contributed by atoms with Crippen LogP contribution in [-0.2, 0) is 0 Å². The highest BCUT2D eigenvalue weighted by Crippen LogP contribution is 2.93. The molecule has 1 heteroatoms. The van der Waals surface area contributed by atoms with Gasteiger partial charge in [0.15, 0.2) is 0 Å². The van der Waals surface area contributed by atoms with E-state index in [9.17, 15) is 0 Å². The molecule has 4 rings (SSSR count). The molecule has 0 amide bonds. The van der Waals surface area contributed by atoms with E-state index in [-0.39, 0.29) is 0 Å². The van der Waals surface area contributed by atoms with Gasteiger partial charge in [-0.25, -0.2) is 0 Å². The van der Waals surface area contributed by atoms with E-state index in [0.29, 0.717) is 0 Å². The largest absolute Gasteiger partial charge is 0.330 e. The quantitative estimate of drug-likeness (QED) is 0.659. The minimum absolute atomic E-state index is 0.804. The maximum Gasteiger partial charge on any atom is -0.00718 e. The Morgan fingerprint density at radius 3 is 2.17 bits per heavy atom. The summed E-state index contributed by atoms with van der Waals surface area (Å²) in [5.41, 5.74) is 7.44. The van der Waals surface area contributed by atoms with E-state index in [1.165, 1.54) is 24.2 Å². The minimum Gasteiger partial charge on any atom is -0.330 e. The van der Waals surface area contributed by atoms with Crippen LogP contribution in [-0.4, -0.2) is 6.54 Å². The molecule has 12 heavy (non-hydrogen) atoms. The third-order valence-electron chi connectivity index (χ3n) is 5.98. The van der Waals surface area contributed by atoms with Crippen LogP contribution >= 0.6 is 0 Å². The van der Waals surface area contributed by atoms with E-state index >= 15 is 0 Å². The minimum atomic E-state index is 0.804. The summed E-state index contributed by atoms with van der Waals surface area (Å²) >= 11 is 0. The fourth-order valence-electron chi connectivity index (χ4n) is 5.86. The lowest BCUT2D eigenvalue weighted by molar-refractivity contribution is -0.432. The van der Waals surface area contributed by atoms with Crippen molar-refractivity contribution in [2.45, 2.75) is 32.1 Å². The maximum absolute atomic E-state index is 5.71. The Morgan fingerprint density at radius 1 is 1.08 bits per heavy atom. The van der Waals surface area contributed by atoms with Gasteiger partial charge in [0.25, 0.3) is 0 Å². The van der Waals surface area contributed by atoms with E-state index < -0.39 is 0 Å². The van der Waals surface area contributed by atoms with Gasteiger partial charge < -0.3 is 5.73 Å². The van der Waals surface area contributed by atoms with Gasteiger partial charge in [0.05, 0.1) is 0 Å². The van der Waals surface area contributed by atoms with Crippen molar-refractivity contribution in [2.75, 3.05) is 6.54 Å². The molecule has 4 aliphatic carbocycles. The second-order valence-corrected chi connectivity index (χ2v) is 5.72. The highest BCUT2D eigenvalue weighted by Gasteiger charge is 2.86. The summed E-state index contributed by atoms with van der Waals surface area (Å²) in [5, 5.41) is 0. The zero-order valence-electron chi connectivity index (χ0n) is 7.55. The average Bonchev–Trinajstić information content (AvgIpc) is 1.90. The first kappa shape index (κ1) is 6.42. The monoisotopic (exact) mass is 163 g/mol. The zero-order valence-corrected chi connectivity index (χ0v) is 7.55. The lowest BCUT2D eigenvalue weighted by atomic mass is 9.13. The summed E-state index contributed by atoms with van der Waals surface area (Å²) in [6.07, 6.45) is 7.62. The standard InChI is InChI=1S/C11H17N/c12-2-1-10-5-8-3-7-4-9(6-10)11(7,8)10/h7-9H,1-6,12H2. The van der Waals surface area contributed by atoms with E-state index in [1.54, 1.807) is 25.7 Å². The van der Waals surface area contributed by atoms with Crippen LogP contribution in [0.3, 0.4) is 0 Å². The molecule has 0 aliphatic heterocycles. The Balaban J connectivity index is 1.70. The molecule has 0 aromatic carbocycles. The molecule has 4 saturated carbocycles. The summed E-state index contributed by atoms with van der Waals surface area (Å²) in [6, 6.07) is 0. The Labute approximate surface area is 73.7 Å². The SMILES string of the molecule is NCCC12CC3CC4CC(C1)C432. The molecule has 0 bridgehead atoms. The van der Waals surface area contributed by atoms with Gasteiger partial charge in [-0.1, -0.05) is 0 Å². The van der Waals surface area contributed by atoms with Crippen molar-refractivity contribution in [1.82, 2.24) is 0 Å². The van der Waals surface area contributed by atoms with Crippen molar-refractivity contribution >= 4 is 0 Å². The van der Waals surface area contributed by atoms with Crippen LogP contribution in [0.2, 0.25) is 0 Å². The Morgan fingerprint density at radius 2 is 1.75 bits per heavy atom. The van der Waals surface area contributed by atoms with Gasteiger partial charge in [0.2, 0.25) is 0 Å². The first-order valence-electron chi connectivity index (χ1n) is 5.53. The van der Waals surface area contributed by atoms with Crippen LogP contribution in [0.15, 0.2) is 0 Å². The molecule has 0 aromatic rings. The molecule has 2 atom stereocenters. The summed E-state index contributed by atoms with van der Waals surface area (Å²) in [4.78, 5) is 0. The lowest BCUT2D eigenvalue weighted by Gasteiger charge is -2.91. The van der Waals surface area contributed by atoms with Crippen LogP contribution in [0.25, 0.3) is 0 Å². The fourth-order valence-corrected chi connectivity index (χ4v) is 5.86. The molecule has 0 aromatic heterocycles. The summed E-state index contributed by atoms with van der Waals surface area (Å²) < 4.78 is 0. The summed E-state index contributed by atoms with van der Waals surface area (Å²) in [5.74, 6) is 3.50. The van der Waals surface area contributed by atoms with Crippen LogP contribution in [0, 0.1) is 28.6 Å². The van der Waals surface area contributed by atoms with Crippen molar-refractivity contribution in [2.24, 2.45) is 34.3 Å². The smallest absolute Gasteiger partial charge is 0.00718 e. The van der Waals surface area contributed by atoms with Gasteiger partial charge in [-0.2, -0.15) is 0 Å². The number of hydrogen-bond acceptors (Lipinski definition) is 1. The molecule has 66 valence electrons. The predicted octanol–water partition coefficient (Wildman–Crippen LogP) is 1.77. The number of nitrogens with two attached hydrogens (primary N) is 1. The van der Waals surface area contributed by atoms with Gasteiger partial charge in [0, 0.05) is 0 Å². The van der Waals surface area contributed by atoms with Crippen LogP contribution in [0.4, 0.5) is 0 Å². The highest BCUT2D eigenvalue weighted by molar-refractivity contribution is 5.35. The van der Waals surface area contributed by atoms with Crippen molar-refractivity contribution in [3.8, 4) is 0 Å². The Hall–Kier alpha value is -0.0400. The van der Waals surface area contributed by atoms with Crippen molar-refractivity contribution in [1.29, 1.82) is 0 Å². The third-order valence-corrected chi connectivity index (χ3v) is 5.98. The van der Waals surface area contributed by atoms with Gasteiger partial charge in [-0.3, -0.25) is 0 Å². The summed E-state index contributed by atoms with van der Waals surface area (Å²) in [7, 11) is 0. The summed E-state index contributed by atoms with van der Waals surface area (Å²) in [6.45, 7) is 0.938. The molecule has 2 N–H and O–H groups in total. The molecular weight excluding hydrogens is 146 g/mol. The van der Waals surface area contributed by atoms with Gasteiger partial charge in [-0.15, -0.1) is 0 Å². The van der Waals surface area contributed by atoms with Crippen LogP contribution in [0.5, 0.6) is 0 Å². The lowest BCUT2D eigenvalue weighted by Crippen LogP contribution is -2.85. The van der Waals surface area contributed by atoms with E-state index in [4.69, 9.17) is 5.73 Å². The average molecular weight is 163 g/mol. The molecule has 4 fully saturated rings. The van der Waals surface area contributed by atoms with E-state index in [0.717, 1.165) is 17.4 Å². The predicted molar refractivity (Wildman–Crippen MR) is 47.5 cm³/mol. The zero-order chi connectivity index (χ0) is 7.97. The molecule has 4 aliphatic rings. The van der Waals surface area contributed by atoms with Crippen LogP contribution in [0.1, 0.15) is 32.1 Å². The first-order valence-corrected chi connectivity index (χ1v) is 5.53. The van der Waals surface area contributed by atoms with Crippen molar-refractivity contribution in [3.63, 3.8) is 0 Å². The first-order chi connectivity index (χ1) is 5.83. The molecular formula is C11H17N. The molecule has 0 saturated heterocycles. The fraction of sp³-hybridized carbons (Fsp3) is 1.00. The molecule has 0 heterocycles. The van der Waals surface area contributed by atoms with Gasteiger partial charge >= 0.3 is 0 Å². The topological polar surface area (TPSA) is 26.0 Å². The van der Waals surface area contributed by atoms with E-state index in [1.807, 2.05) is 0 Å². The second-order valence-electron chi connectivity index (χ2n) is 5.72. The molecule has 1 nitrogen and oxygen atoms in total. The second kappa shape index (κ2) is 1.50. The van der Waals surface area contributed by atoms with Crippen molar-refractivity contribution < 1.29 is 0 Å². The molecule has 0 radical (unpaired) electrons. The van der Waals surface area contributed by atoms with E-state index in [2.05, 4.69) is 0 Å². The Bertz CT molecular complexity index is 227. The normalized spacial score (nSPS) is 69.2. The Kier molecular flexibility index (Phi) is 0.800. The maximum atomic E-state index is 5.71. The third kappa shape index (κ3) is 0.334. The number of rotatable bonds is 2. The number of hydrogen-bond donors (Lipinski definition) is 1. The molecule has 1 spiro atoms. The van der Waals surface area contributed by atoms with Gasteiger partial charge in [0.1, 0.15) is 0 Å². The highest BCUT2D eigenvalue weighted by atomic mass is 14.9. The molecule has 2 unspecified atom stereocenters. The van der Waals surface area contributed by atoms with Gasteiger partial charge in [-0.05, 0) is 67.2 Å². The van der Waals surface area contributed by atoms with Crippen LogP contribution < -0.4 is 5.73 Å². The van der Waals surface area contributed by atoms with Crippen molar-refractivity contribution in [3.05, 3.63) is 0 Å².